The summed E-state index contributed by atoms with van der Waals surface area (Å²) in [6.07, 6.45) is -4.27. The molecule has 0 aromatic carbocycles. The lowest BCUT2D eigenvalue weighted by atomic mass is 10.0. The molecule has 2 N–H and O–H groups in total. The van der Waals surface area contributed by atoms with Crippen molar-refractivity contribution in [2.75, 3.05) is 0 Å². The van der Waals surface area contributed by atoms with Crippen LogP contribution in [0.15, 0.2) is 23.2 Å². The fraction of sp³-hybridized carbons (Fsp3) is 0.500. The smallest absolute Gasteiger partial charge is 0.433 e. The predicted molar refractivity (Wildman–Crippen MR) is 70.5 cm³/mol. The largest absolute Gasteiger partial charge is 0.481 e. The summed E-state index contributed by atoms with van der Waals surface area (Å²) in [6, 6.07) is 1.37. The number of aliphatic carboxylic acids is 1. The van der Waals surface area contributed by atoms with Gasteiger partial charge in [0.25, 0.3) is 0 Å². The van der Waals surface area contributed by atoms with Crippen LogP contribution in [0, 0.1) is 0 Å². The van der Waals surface area contributed by atoms with Crippen molar-refractivity contribution in [1.29, 1.82) is 0 Å². The highest BCUT2D eigenvalue weighted by molar-refractivity contribution is 7.89. The normalized spacial score (nSPS) is 13.1. The molecule has 0 aliphatic rings. The Labute approximate surface area is 125 Å². The van der Waals surface area contributed by atoms with Crippen LogP contribution in [0.1, 0.15) is 32.4 Å². The molecule has 1 aromatic heterocycles. The third-order valence-electron chi connectivity index (χ3n) is 2.71. The highest BCUT2D eigenvalue weighted by Crippen LogP contribution is 2.28. The Morgan fingerprint density at radius 2 is 1.91 bits per heavy atom. The average molecular weight is 340 g/mol. The Morgan fingerprint density at radius 3 is 2.32 bits per heavy atom. The lowest BCUT2D eigenvalue weighted by Gasteiger charge is -2.25. The van der Waals surface area contributed by atoms with Crippen molar-refractivity contribution in [2.45, 2.75) is 43.3 Å². The van der Waals surface area contributed by atoms with E-state index in [0.717, 1.165) is 6.07 Å². The van der Waals surface area contributed by atoms with Gasteiger partial charge in [-0.2, -0.15) is 13.2 Å². The van der Waals surface area contributed by atoms with E-state index in [9.17, 15) is 26.4 Å². The molecule has 1 heterocycles. The minimum Gasteiger partial charge on any atom is -0.481 e. The summed E-state index contributed by atoms with van der Waals surface area (Å²) in [6.45, 7) is 2.95. The first-order chi connectivity index (χ1) is 9.83. The first-order valence-corrected chi connectivity index (χ1v) is 7.61. The van der Waals surface area contributed by atoms with Crippen LogP contribution in [-0.4, -0.2) is 30.0 Å². The zero-order valence-electron chi connectivity index (χ0n) is 11.8. The van der Waals surface area contributed by atoms with Crippen molar-refractivity contribution in [3.63, 3.8) is 0 Å². The number of carboxylic acids is 1. The van der Waals surface area contributed by atoms with Crippen LogP contribution < -0.4 is 4.72 Å². The zero-order valence-corrected chi connectivity index (χ0v) is 12.6. The highest BCUT2D eigenvalue weighted by Gasteiger charge is 2.33. The molecule has 0 amide bonds. The van der Waals surface area contributed by atoms with Crippen LogP contribution in [0.4, 0.5) is 13.2 Å². The van der Waals surface area contributed by atoms with E-state index in [4.69, 9.17) is 5.11 Å². The van der Waals surface area contributed by atoms with E-state index in [1.54, 1.807) is 0 Å². The topological polar surface area (TPSA) is 96.4 Å². The Bertz CT molecular complexity index is 639. The van der Waals surface area contributed by atoms with Gasteiger partial charge in [-0.25, -0.2) is 13.1 Å². The molecule has 0 fully saturated rings. The van der Waals surface area contributed by atoms with E-state index < -0.39 is 38.3 Å². The Balaban J connectivity index is 2.93. The van der Waals surface area contributed by atoms with Gasteiger partial charge in [-0.1, -0.05) is 0 Å². The predicted octanol–water partition coefficient (Wildman–Crippen LogP) is 2.02. The third kappa shape index (κ3) is 5.26. The van der Waals surface area contributed by atoms with Gasteiger partial charge in [-0.3, -0.25) is 9.78 Å². The first kappa shape index (κ1) is 18.4. The summed E-state index contributed by atoms with van der Waals surface area (Å²) in [7, 11) is -4.10. The number of sulfonamides is 1. The number of nitrogens with zero attached hydrogens (tertiary/aromatic N) is 1. The summed E-state index contributed by atoms with van der Waals surface area (Å²) in [5.41, 5.74) is -2.27. The van der Waals surface area contributed by atoms with Gasteiger partial charge in [0.1, 0.15) is 10.6 Å². The van der Waals surface area contributed by atoms with E-state index in [-0.39, 0.29) is 12.8 Å². The van der Waals surface area contributed by atoms with Gasteiger partial charge in [0.15, 0.2) is 0 Å². The highest BCUT2D eigenvalue weighted by atomic mass is 32.2. The van der Waals surface area contributed by atoms with Crippen LogP contribution in [0.25, 0.3) is 0 Å². The maximum atomic E-state index is 12.4. The molecule has 0 aliphatic heterocycles. The Hall–Kier alpha value is -1.68. The van der Waals surface area contributed by atoms with Gasteiger partial charge < -0.3 is 5.11 Å². The molecule has 0 saturated heterocycles. The van der Waals surface area contributed by atoms with Crippen molar-refractivity contribution in [1.82, 2.24) is 9.71 Å². The van der Waals surface area contributed by atoms with Gasteiger partial charge >= 0.3 is 12.1 Å². The maximum absolute atomic E-state index is 12.4. The lowest BCUT2D eigenvalue weighted by molar-refractivity contribution is -0.141. The minimum absolute atomic E-state index is 0.0234. The van der Waals surface area contributed by atoms with Crippen LogP contribution >= 0.6 is 0 Å². The summed E-state index contributed by atoms with van der Waals surface area (Å²) in [5.74, 6) is -1.08. The molecule has 124 valence electrons. The number of carbonyl (C=O) groups is 1. The molecule has 0 unspecified atom stereocenters. The Kier molecular flexibility index (Phi) is 5.18. The Morgan fingerprint density at radius 1 is 1.32 bits per heavy atom. The SMILES string of the molecule is CC(C)(CCC(=O)O)NS(=O)(=O)c1ccc(C(F)(F)F)nc1. The number of rotatable bonds is 6. The average Bonchev–Trinajstić information content (AvgIpc) is 2.34. The molecule has 22 heavy (non-hydrogen) atoms. The number of alkyl halides is 3. The number of hydrogen-bond acceptors (Lipinski definition) is 4. The molecule has 6 nitrogen and oxygen atoms in total. The monoisotopic (exact) mass is 340 g/mol. The number of pyridine rings is 1. The standard InChI is InChI=1S/C12H15F3N2O4S/c1-11(2,6-5-10(18)19)17-22(20,21)8-3-4-9(16-7-8)12(13,14)15/h3-4,7,17H,5-6H2,1-2H3,(H,18,19). The molecular formula is C12H15F3N2O4S. The molecule has 1 rings (SSSR count). The number of halogens is 3. The quantitative estimate of drug-likeness (QED) is 0.826. The minimum atomic E-state index is -4.66. The summed E-state index contributed by atoms with van der Waals surface area (Å²) >= 11 is 0. The maximum Gasteiger partial charge on any atom is 0.433 e. The molecular weight excluding hydrogens is 325 g/mol. The van der Waals surface area contributed by atoms with Gasteiger partial charge in [0.2, 0.25) is 10.0 Å². The molecule has 0 atom stereocenters. The van der Waals surface area contributed by atoms with Crippen molar-refractivity contribution in [3.8, 4) is 0 Å². The third-order valence-corrected chi connectivity index (χ3v) is 4.40. The van der Waals surface area contributed by atoms with Crippen LogP contribution in [0.5, 0.6) is 0 Å². The molecule has 0 spiro atoms. The first-order valence-electron chi connectivity index (χ1n) is 6.12. The summed E-state index contributed by atoms with van der Waals surface area (Å²) < 4.78 is 63.5. The van der Waals surface area contributed by atoms with E-state index in [1.165, 1.54) is 13.8 Å². The molecule has 1 aromatic rings. The molecule has 0 saturated carbocycles. The number of aromatic nitrogens is 1. The van der Waals surface area contributed by atoms with Crippen molar-refractivity contribution >= 4 is 16.0 Å². The van der Waals surface area contributed by atoms with Crippen LogP contribution in [-0.2, 0) is 21.0 Å². The summed E-state index contributed by atoms with van der Waals surface area (Å²) in [5, 5.41) is 8.61. The zero-order chi connectivity index (χ0) is 17.2. The van der Waals surface area contributed by atoms with Gasteiger partial charge in [0, 0.05) is 18.2 Å². The summed E-state index contributed by atoms with van der Waals surface area (Å²) in [4.78, 5) is 13.2. The fourth-order valence-electron chi connectivity index (χ4n) is 1.60. The molecule has 0 radical (unpaired) electrons. The van der Waals surface area contributed by atoms with Crippen LogP contribution in [0.3, 0.4) is 0 Å². The van der Waals surface area contributed by atoms with E-state index in [2.05, 4.69) is 9.71 Å². The van der Waals surface area contributed by atoms with Crippen molar-refractivity contribution < 1.29 is 31.5 Å². The number of hydrogen-bond donors (Lipinski definition) is 2. The van der Waals surface area contributed by atoms with E-state index in [0.29, 0.717) is 12.3 Å². The second-order valence-corrected chi connectivity index (χ2v) is 6.94. The lowest BCUT2D eigenvalue weighted by Crippen LogP contribution is -2.43. The second kappa shape index (κ2) is 6.21. The molecule has 10 heteroatoms. The fourth-order valence-corrected chi connectivity index (χ4v) is 2.99. The molecule has 0 bridgehead atoms. The molecule has 0 aliphatic carbocycles. The van der Waals surface area contributed by atoms with Gasteiger partial charge in [0.05, 0.1) is 0 Å². The number of carboxylic acid groups (broad SMARTS) is 1. The van der Waals surface area contributed by atoms with Crippen molar-refractivity contribution in [2.24, 2.45) is 0 Å². The van der Waals surface area contributed by atoms with Crippen molar-refractivity contribution in [3.05, 3.63) is 24.0 Å². The number of nitrogens with one attached hydrogen (secondary N) is 1. The van der Waals surface area contributed by atoms with Gasteiger partial charge in [-0.15, -0.1) is 0 Å². The van der Waals surface area contributed by atoms with E-state index in [1.807, 2.05) is 0 Å². The van der Waals surface area contributed by atoms with Gasteiger partial charge in [-0.05, 0) is 32.4 Å². The van der Waals surface area contributed by atoms with E-state index >= 15 is 0 Å². The van der Waals surface area contributed by atoms with Crippen LogP contribution in [0.2, 0.25) is 0 Å². The second-order valence-electron chi connectivity index (χ2n) is 5.26.